The Labute approximate surface area is 63.6 Å². The van der Waals surface area contributed by atoms with Gasteiger partial charge in [0.1, 0.15) is 0 Å². The van der Waals surface area contributed by atoms with E-state index in [0.29, 0.717) is 5.92 Å². The van der Waals surface area contributed by atoms with E-state index in [1.165, 1.54) is 5.57 Å². The molecule has 0 saturated carbocycles. The maximum Gasteiger partial charge on any atom is -0.00277 e. The molecular weight excluding hydrogens is 120 g/mol. The Hall–Kier alpha value is -0.520. The molecule has 0 amide bonds. The molecule has 1 aliphatic carbocycles. The van der Waals surface area contributed by atoms with Gasteiger partial charge in [0.25, 0.3) is 0 Å². The highest BCUT2D eigenvalue weighted by molar-refractivity contribution is 5.16. The second-order valence-corrected chi connectivity index (χ2v) is 3.47. The maximum atomic E-state index is 2.38. The average Bonchev–Trinajstić information content (AvgIpc) is 1.88. The standard InChI is InChI=1S/C10H16/c1-8(2)10-6-4-5-9(3)7-10/h4,6-8,10H,5H2,1-3H3. The molecule has 0 bridgehead atoms. The summed E-state index contributed by atoms with van der Waals surface area (Å²) in [4.78, 5) is 0. The van der Waals surface area contributed by atoms with Crippen LogP contribution in [0.4, 0.5) is 0 Å². The van der Waals surface area contributed by atoms with Crippen molar-refractivity contribution >= 4 is 0 Å². The topological polar surface area (TPSA) is 0 Å². The molecule has 1 unspecified atom stereocenters. The summed E-state index contributed by atoms with van der Waals surface area (Å²) in [6.45, 7) is 6.74. The largest absolute Gasteiger partial charge is 0.0839 e. The van der Waals surface area contributed by atoms with E-state index in [9.17, 15) is 0 Å². The smallest absolute Gasteiger partial charge is 0.00277 e. The van der Waals surface area contributed by atoms with Crippen LogP contribution in [-0.2, 0) is 0 Å². The number of rotatable bonds is 1. The number of allylic oxidation sites excluding steroid dienone is 4. The zero-order valence-corrected chi connectivity index (χ0v) is 7.09. The molecule has 0 heterocycles. The van der Waals surface area contributed by atoms with Crippen LogP contribution in [0.2, 0.25) is 0 Å². The van der Waals surface area contributed by atoms with Gasteiger partial charge in [-0.05, 0) is 25.2 Å². The van der Waals surface area contributed by atoms with Gasteiger partial charge in [-0.15, -0.1) is 0 Å². The fraction of sp³-hybridized carbons (Fsp3) is 0.600. The fourth-order valence-corrected chi connectivity index (χ4v) is 1.28. The minimum Gasteiger partial charge on any atom is -0.0839 e. The van der Waals surface area contributed by atoms with Gasteiger partial charge in [-0.3, -0.25) is 0 Å². The lowest BCUT2D eigenvalue weighted by Gasteiger charge is -2.16. The van der Waals surface area contributed by atoms with E-state index in [0.717, 1.165) is 12.3 Å². The van der Waals surface area contributed by atoms with Gasteiger partial charge in [0, 0.05) is 0 Å². The van der Waals surface area contributed by atoms with Crippen LogP contribution < -0.4 is 0 Å². The Morgan fingerprint density at radius 2 is 2.20 bits per heavy atom. The predicted octanol–water partition coefficient (Wildman–Crippen LogP) is 3.16. The molecule has 1 atom stereocenters. The molecule has 0 N–H and O–H groups in total. The molecule has 56 valence electrons. The van der Waals surface area contributed by atoms with Gasteiger partial charge in [-0.25, -0.2) is 0 Å². The molecule has 0 aromatic rings. The molecular formula is C10H16. The molecule has 0 nitrogen and oxygen atoms in total. The van der Waals surface area contributed by atoms with Crippen LogP contribution in [0.15, 0.2) is 23.8 Å². The molecule has 10 heavy (non-hydrogen) atoms. The second kappa shape index (κ2) is 3.05. The molecule has 0 fully saturated rings. The van der Waals surface area contributed by atoms with Crippen molar-refractivity contribution < 1.29 is 0 Å². The predicted molar refractivity (Wildman–Crippen MR) is 45.8 cm³/mol. The van der Waals surface area contributed by atoms with Crippen molar-refractivity contribution in [2.75, 3.05) is 0 Å². The van der Waals surface area contributed by atoms with Gasteiger partial charge < -0.3 is 0 Å². The summed E-state index contributed by atoms with van der Waals surface area (Å²) >= 11 is 0. The third-order valence-electron chi connectivity index (χ3n) is 2.04. The summed E-state index contributed by atoms with van der Waals surface area (Å²) in [6, 6.07) is 0. The van der Waals surface area contributed by atoms with Crippen LogP contribution in [0.25, 0.3) is 0 Å². The lowest BCUT2D eigenvalue weighted by atomic mass is 9.89. The highest BCUT2D eigenvalue weighted by Crippen LogP contribution is 2.21. The molecule has 0 saturated heterocycles. The highest BCUT2D eigenvalue weighted by atomic mass is 14.1. The summed E-state index contributed by atoms with van der Waals surface area (Å²) in [6.07, 6.45) is 8.13. The van der Waals surface area contributed by atoms with E-state index in [-0.39, 0.29) is 0 Å². The van der Waals surface area contributed by atoms with E-state index >= 15 is 0 Å². The Morgan fingerprint density at radius 3 is 2.60 bits per heavy atom. The lowest BCUT2D eigenvalue weighted by molar-refractivity contribution is 0.541. The van der Waals surface area contributed by atoms with Crippen molar-refractivity contribution in [3.63, 3.8) is 0 Å². The molecule has 0 aromatic heterocycles. The average molecular weight is 136 g/mol. The van der Waals surface area contributed by atoms with Crippen molar-refractivity contribution in [2.45, 2.75) is 27.2 Å². The van der Waals surface area contributed by atoms with Gasteiger partial charge in [-0.2, -0.15) is 0 Å². The van der Waals surface area contributed by atoms with Gasteiger partial charge >= 0.3 is 0 Å². The van der Waals surface area contributed by atoms with Crippen molar-refractivity contribution in [3.05, 3.63) is 23.8 Å². The summed E-state index contributed by atoms with van der Waals surface area (Å²) in [5.74, 6) is 1.44. The Morgan fingerprint density at radius 1 is 1.50 bits per heavy atom. The first-order valence-corrected chi connectivity index (χ1v) is 4.04. The van der Waals surface area contributed by atoms with Crippen LogP contribution in [0.3, 0.4) is 0 Å². The quantitative estimate of drug-likeness (QED) is 0.486. The minimum absolute atomic E-state index is 0.689. The lowest BCUT2D eigenvalue weighted by Crippen LogP contribution is -2.05. The Kier molecular flexibility index (Phi) is 2.31. The van der Waals surface area contributed by atoms with Gasteiger partial charge in [0.2, 0.25) is 0 Å². The molecule has 1 rings (SSSR count). The van der Waals surface area contributed by atoms with E-state index in [1.54, 1.807) is 0 Å². The van der Waals surface area contributed by atoms with E-state index < -0.39 is 0 Å². The van der Waals surface area contributed by atoms with Crippen molar-refractivity contribution in [2.24, 2.45) is 11.8 Å². The van der Waals surface area contributed by atoms with E-state index in [4.69, 9.17) is 0 Å². The molecule has 0 heteroatoms. The summed E-state index contributed by atoms with van der Waals surface area (Å²) < 4.78 is 0. The molecule has 0 spiro atoms. The third kappa shape index (κ3) is 1.73. The number of hydrogen-bond donors (Lipinski definition) is 0. The van der Waals surface area contributed by atoms with Crippen molar-refractivity contribution in [1.82, 2.24) is 0 Å². The van der Waals surface area contributed by atoms with Gasteiger partial charge in [0.05, 0.1) is 0 Å². The maximum absolute atomic E-state index is 2.38. The highest BCUT2D eigenvalue weighted by Gasteiger charge is 2.08. The van der Waals surface area contributed by atoms with Crippen molar-refractivity contribution in [1.29, 1.82) is 0 Å². The normalized spacial score (nSPS) is 25.2. The molecule has 0 radical (unpaired) electrons. The molecule has 0 aromatic carbocycles. The third-order valence-corrected chi connectivity index (χ3v) is 2.04. The number of hydrogen-bond acceptors (Lipinski definition) is 0. The van der Waals surface area contributed by atoms with Crippen LogP contribution in [0, 0.1) is 11.8 Å². The SMILES string of the molecule is CC1=CC(C(C)C)C=CC1. The first-order valence-electron chi connectivity index (χ1n) is 4.04. The Bertz CT molecular complexity index is 161. The summed E-state index contributed by atoms with van der Waals surface area (Å²) in [7, 11) is 0. The zero-order valence-electron chi connectivity index (χ0n) is 7.09. The van der Waals surface area contributed by atoms with Gasteiger partial charge in [0.15, 0.2) is 0 Å². The van der Waals surface area contributed by atoms with Crippen LogP contribution in [0.1, 0.15) is 27.2 Å². The minimum atomic E-state index is 0.689. The van der Waals surface area contributed by atoms with E-state index in [1.807, 2.05) is 0 Å². The van der Waals surface area contributed by atoms with Crippen LogP contribution in [0.5, 0.6) is 0 Å². The van der Waals surface area contributed by atoms with Crippen LogP contribution in [-0.4, -0.2) is 0 Å². The summed E-state index contributed by atoms with van der Waals surface area (Å²) in [5, 5.41) is 0. The Balaban J connectivity index is 2.61. The van der Waals surface area contributed by atoms with Crippen LogP contribution >= 0.6 is 0 Å². The summed E-state index contributed by atoms with van der Waals surface area (Å²) in [5.41, 5.74) is 1.52. The monoisotopic (exact) mass is 136 g/mol. The fourth-order valence-electron chi connectivity index (χ4n) is 1.28. The first-order chi connectivity index (χ1) is 4.70. The second-order valence-electron chi connectivity index (χ2n) is 3.47. The zero-order chi connectivity index (χ0) is 7.56. The van der Waals surface area contributed by atoms with Gasteiger partial charge in [-0.1, -0.05) is 37.6 Å². The first kappa shape index (κ1) is 7.59. The van der Waals surface area contributed by atoms with Crippen molar-refractivity contribution in [3.8, 4) is 0 Å². The molecule has 0 aliphatic heterocycles. The molecule has 1 aliphatic rings. The van der Waals surface area contributed by atoms with E-state index in [2.05, 4.69) is 39.0 Å².